The molecule has 2 amide bonds. The maximum absolute atomic E-state index is 11.0. The highest BCUT2D eigenvalue weighted by atomic mass is 32.2. The van der Waals surface area contributed by atoms with E-state index in [1.54, 1.807) is 7.11 Å². The van der Waals surface area contributed by atoms with Gasteiger partial charge in [-0.05, 0) is 6.08 Å². The van der Waals surface area contributed by atoms with Crippen molar-refractivity contribution < 1.29 is 9.53 Å². The van der Waals surface area contributed by atoms with Crippen molar-refractivity contribution in [2.24, 2.45) is 5.92 Å². The number of rotatable bonds is 1. The second-order valence-corrected chi connectivity index (χ2v) is 3.91. The van der Waals surface area contributed by atoms with Crippen LogP contribution < -0.4 is 10.6 Å². The van der Waals surface area contributed by atoms with Crippen molar-refractivity contribution in [2.75, 3.05) is 7.11 Å². The van der Waals surface area contributed by atoms with Gasteiger partial charge < -0.3 is 10.1 Å². The Morgan fingerprint density at radius 2 is 2.46 bits per heavy atom. The second-order valence-electron chi connectivity index (χ2n) is 2.77. The molecule has 0 saturated carbocycles. The molecule has 2 heterocycles. The minimum Gasteiger partial charge on any atom is -0.491 e. The number of urea groups is 1. The summed E-state index contributed by atoms with van der Waals surface area (Å²) in [5.74, 6) is 0.144. The summed E-state index contributed by atoms with van der Waals surface area (Å²) in [6.07, 6.45) is 1.84. The van der Waals surface area contributed by atoms with E-state index in [4.69, 9.17) is 10.1 Å². The number of amidine groups is 1. The molecule has 0 aliphatic carbocycles. The number of fused-ring (bicyclic) bond motifs is 1. The number of methoxy groups -OCH3 is 1. The van der Waals surface area contributed by atoms with Crippen LogP contribution in [0.5, 0.6) is 0 Å². The molecule has 5 nitrogen and oxygen atoms in total. The van der Waals surface area contributed by atoms with Gasteiger partial charge in [0, 0.05) is 0 Å². The molecular formula is C7H9N3O2S. The molecule has 2 aliphatic heterocycles. The first-order valence-electron chi connectivity index (χ1n) is 3.79. The van der Waals surface area contributed by atoms with Crippen LogP contribution in [0.4, 0.5) is 4.79 Å². The van der Waals surface area contributed by atoms with Gasteiger partial charge in [-0.2, -0.15) is 0 Å². The smallest absolute Gasteiger partial charge is 0.321 e. The van der Waals surface area contributed by atoms with E-state index in [1.807, 2.05) is 6.08 Å². The lowest BCUT2D eigenvalue weighted by Gasteiger charge is -2.26. The van der Waals surface area contributed by atoms with E-state index in [9.17, 15) is 4.79 Å². The van der Waals surface area contributed by atoms with Crippen LogP contribution in [0.25, 0.3) is 0 Å². The second kappa shape index (κ2) is 2.95. The Balaban J connectivity index is 2.18. The fraction of sp³-hybridized carbons (Fsp3) is 0.429. The third-order valence-electron chi connectivity index (χ3n) is 1.94. The lowest BCUT2D eigenvalue weighted by molar-refractivity contribution is 0.241. The Kier molecular flexibility index (Phi) is 1.91. The van der Waals surface area contributed by atoms with Gasteiger partial charge in [0.2, 0.25) is 0 Å². The number of nitrogens with one attached hydrogen (secondary N) is 3. The molecule has 13 heavy (non-hydrogen) atoms. The number of carbonyl (C=O) groups is 1. The van der Waals surface area contributed by atoms with E-state index in [0.29, 0.717) is 0 Å². The van der Waals surface area contributed by atoms with E-state index < -0.39 is 0 Å². The molecule has 0 spiro atoms. The molecule has 70 valence electrons. The van der Waals surface area contributed by atoms with Crippen LogP contribution in [0.3, 0.4) is 0 Å². The molecule has 0 aromatic carbocycles. The van der Waals surface area contributed by atoms with Crippen LogP contribution in [-0.2, 0) is 4.74 Å². The standard InChI is InChI=1S/C7H9N3O2S/c1-12-4-2-3-5(8)9-7(11)10-6(3)13-4/h2-3,6H,1H3,(H3,8,9,10,11). The Bertz CT molecular complexity index is 302. The average molecular weight is 199 g/mol. The van der Waals surface area contributed by atoms with Crippen LogP contribution in [0.15, 0.2) is 11.2 Å². The summed E-state index contributed by atoms with van der Waals surface area (Å²) in [5, 5.41) is 13.3. The Morgan fingerprint density at radius 3 is 3.15 bits per heavy atom. The zero-order valence-corrected chi connectivity index (χ0v) is 7.77. The van der Waals surface area contributed by atoms with Crippen LogP contribution in [0, 0.1) is 11.3 Å². The SMILES string of the molecule is COC1=CC2C(=N)NC(=O)NC2S1. The molecule has 6 heteroatoms. The predicted octanol–water partition coefficient (Wildman–Crippen LogP) is 0.453. The fourth-order valence-corrected chi connectivity index (χ4v) is 2.41. The van der Waals surface area contributed by atoms with Crippen molar-refractivity contribution in [1.29, 1.82) is 5.41 Å². The molecule has 2 rings (SSSR count). The maximum Gasteiger partial charge on any atom is 0.321 e. The Labute approximate surface area is 79.4 Å². The zero-order chi connectivity index (χ0) is 9.42. The van der Waals surface area contributed by atoms with Gasteiger partial charge in [0.1, 0.15) is 5.84 Å². The summed E-state index contributed by atoms with van der Waals surface area (Å²) in [5.41, 5.74) is 0. The quantitative estimate of drug-likeness (QED) is 0.574. The first-order valence-corrected chi connectivity index (χ1v) is 4.67. The van der Waals surface area contributed by atoms with Crippen molar-refractivity contribution in [3.8, 4) is 0 Å². The number of thioether (sulfide) groups is 1. The molecule has 2 atom stereocenters. The topological polar surface area (TPSA) is 74.2 Å². The molecule has 3 N–H and O–H groups in total. The summed E-state index contributed by atoms with van der Waals surface area (Å²) >= 11 is 1.43. The van der Waals surface area contributed by atoms with E-state index >= 15 is 0 Å². The first kappa shape index (κ1) is 8.43. The molecule has 1 saturated heterocycles. The third-order valence-corrected chi connectivity index (χ3v) is 3.14. The van der Waals surface area contributed by atoms with Crippen molar-refractivity contribution in [2.45, 2.75) is 5.37 Å². The summed E-state index contributed by atoms with van der Waals surface area (Å²) in [4.78, 5) is 11.0. The van der Waals surface area contributed by atoms with E-state index in [1.165, 1.54) is 11.8 Å². The molecule has 0 aromatic rings. The van der Waals surface area contributed by atoms with E-state index in [2.05, 4.69) is 10.6 Å². The van der Waals surface area contributed by atoms with Crippen molar-refractivity contribution >= 4 is 23.6 Å². The Hall–Kier alpha value is -1.17. The van der Waals surface area contributed by atoms with Gasteiger partial charge in [-0.25, -0.2) is 4.79 Å². The molecule has 0 radical (unpaired) electrons. The highest BCUT2D eigenvalue weighted by Crippen LogP contribution is 2.36. The highest BCUT2D eigenvalue weighted by Gasteiger charge is 2.37. The van der Waals surface area contributed by atoms with Gasteiger partial charge in [0.15, 0.2) is 5.09 Å². The van der Waals surface area contributed by atoms with Gasteiger partial charge in [-0.3, -0.25) is 10.7 Å². The number of hydrogen-bond donors (Lipinski definition) is 3. The number of amides is 2. The summed E-state index contributed by atoms with van der Waals surface area (Å²) < 4.78 is 5.03. The van der Waals surface area contributed by atoms with Gasteiger partial charge >= 0.3 is 6.03 Å². The number of hydrogen-bond acceptors (Lipinski definition) is 4. The number of ether oxygens (including phenoxy) is 1. The fourth-order valence-electron chi connectivity index (χ4n) is 1.31. The molecule has 2 aliphatic rings. The van der Waals surface area contributed by atoms with Crippen LogP contribution >= 0.6 is 11.8 Å². The van der Waals surface area contributed by atoms with Gasteiger partial charge in [0.25, 0.3) is 0 Å². The van der Waals surface area contributed by atoms with Crippen LogP contribution in [0.2, 0.25) is 0 Å². The van der Waals surface area contributed by atoms with Crippen LogP contribution in [0.1, 0.15) is 0 Å². The summed E-state index contributed by atoms with van der Waals surface area (Å²) in [6.45, 7) is 0. The summed E-state index contributed by atoms with van der Waals surface area (Å²) in [7, 11) is 1.58. The normalized spacial score (nSPS) is 31.6. The van der Waals surface area contributed by atoms with E-state index in [-0.39, 0.29) is 23.2 Å². The van der Waals surface area contributed by atoms with Gasteiger partial charge in [0.05, 0.1) is 18.4 Å². The minimum absolute atomic E-state index is 0.0855. The molecule has 1 fully saturated rings. The largest absolute Gasteiger partial charge is 0.491 e. The summed E-state index contributed by atoms with van der Waals surface area (Å²) in [6, 6.07) is -0.315. The molecule has 2 unspecified atom stereocenters. The van der Waals surface area contributed by atoms with Crippen molar-refractivity contribution in [1.82, 2.24) is 10.6 Å². The average Bonchev–Trinajstić information content (AvgIpc) is 2.47. The van der Waals surface area contributed by atoms with Gasteiger partial charge in [-0.15, -0.1) is 0 Å². The van der Waals surface area contributed by atoms with Crippen LogP contribution in [-0.4, -0.2) is 24.4 Å². The molecular weight excluding hydrogens is 190 g/mol. The minimum atomic E-state index is -0.315. The molecule has 0 aromatic heterocycles. The first-order chi connectivity index (χ1) is 6.20. The third kappa shape index (κ3) is 1.37. The van der Waals surface area contributed by atoms with E-state index in [0.717, 1.165) is 5.09 Å². The monoisotopic (exact) mass is 199 g/mol. The molecule has 0 bridgehead atoms. The lowest BCUT2D eigenvalue weighted by Crippen LogP contribution is -2.54. The van der Waals surface area contributed by atoms with Crippen molar-refractivity contribution in [3.05, 3.63) is 11.2 Å². The highest BCUT2D eigenvalue weighted by molar-refractivity contribution is 8.03. The lowest BCUT2D eigenvalue weighted by atomic mass is 10.1. The Morgan fingerprint density at radius 1 is 1.69 bits per heavy atom. The van der Waals surface area contributed by atoms with Crippen molar-refractivity contribution in [3.63, 3.8) is 0 Å². The maximum atomic E-state index is 11.0. The van der Waals surface area contributed by atoms with Gasteiger partial charge in [-0.1, -0.05) is 11.8 Å². The zero-order valence-electron chi connectivity index (χ0n) is 6.96. The predicted molar refractivity (Wildman–Crippen MR) is 49.4 cm³/mol. The number of carbonyl (C=O) groups excluding carboxylic acids is 1.